The number of amides is 2. The SMILES string of the molecule is CCN1CCCC1CNC(=O)c1cc(S(=O)(=O)CC)c(NC(=O)OCc2ccccc2)cc1OC. The van der Waals surface area contributed by atoms with Gasteiger partial charge in [-0.25, -0.2) is 13.2 Å². The minimum Gasteiger partial charge on any atom is -0.496 e. The van der Waals surface area contributed by atoms with Crippen molar-refractivity contribution in [2.75, 3.05) is 37.8 Å². The van der Waals surface area contributed by atoms with Crippen LogP contribution in [-0.4, -0.2) is 63.9 Å². The maximum atomic E-state index is 13.0. The zero-order valence-electron chi connectivity index (χ0n) is 20.4. The highest BCUT2D eigenvalue weighted by Crippen LogP contribution is 2.32. The van der Waals surface area contributed by atoms with Gasteiger partial charge >= 0.3 is 6.09 Å². The van der Waals surface area contributed by atoms with Crippen molar-refractivity contribution in [2.24, 2.45) is 0 Å². The van der Waals surface area contributed by atoms with Crippen LogP contribution >= 0.6 is 0 Å². The smallest absolute Gasteiger partial charge is 0.411 e. The van der Waals surface area contributed by atoms with E-state index in [1.54, 1.807) is 0 Å². The first-order valence-corrected chi connectivity index (χ1v) is 13.4. The third-order valence-electron chi connectivity index (χ3n) is 6.11. The van der Waals surface area contributed by atoms with Crippen molar-refractivity contribution in [1.29, 1.82) is 0 Å². The van der Waals surface area contributed by atoms with Crippen molar-refractivity contribution in [3.63, 3.8) is 0 Å². The number of benzene rings is 2. The van der Waals surface area contributed by atoms with Crippen LogP contribution in [-0.2, 0) is 21.2 Å². The summed E-state index contributed by atoms with van der Waals surface area (Å²) in [4.78, 5) is 27.6. The summed E-state index contributed by atoms with van der Waals surface area (Å²) in [7, 11) is -2.40. The standard InChI is InChI=1S/C25H33N3O6S/c1-4-28-13-9-12-19(28)16-26-24(29)20-14-23(35(31,32)5-2)21(15-22(20)33-3)27-25(30)34-17-18-10-7-6-8-11-18/h6-8,10-11,14-15,19H,4-5,9,12-13,16-17H2,1-3H3,(H,26,29)(H,27,30). The van der Waals surface area contributed by atoms with Gasteiger partial charge in [-0.15, -0.1) is 0 Å². The van der Waals surface area contributed by atoms with E-state index in [0.717, 1.165) is 31.5 Å². The lowest BCUT2D eigenvalue weighted by molar-refractivity contribution is 0.0938. The van der Waals surface area contributed by atoms with Gasteiger partial charge in [0.1, 0.15) is 12.4 Å². The topological polar surface area (TPSA) is 114 Å². The first-order chi connectivity index (χ1) is 16.8. The molecule has 9 nitrogen and oxygen atoms in total. The Morgan fingerprint density at radius 3 is 2.54 bits per heavy atom. The third kappa shape index (κ3) is 6.73. The Bertz CT molecular complexity index is 1140. The van der Waals surface area contributed by atoms with Gasteiger partial charge < -0.3 is 14.8 Å². The van der Waals surface area contributed by atoms with E-state index in [0.29, 0.717) is 6.54 Å². The van der Waals surface area contributed by atoms with Gasteiger partial charge in [0.25, 0.3) is 5.91 Å². The zero-order chi connectivity index (χ0) is 25.4. The summed E-state index contributed by atoms with van der Waals surface area (Å²) >= 11 is 0. The largest absolute Gasteiger partial charge is 0.496 e. The van der Waals surface area contributed by atoms with Gasteiger partial charge in [0.15, 0.2) is 9.84 Å². The fourth-order valence-corrected chi connectivity index (χ4v) is 5.19. The second-order valence-electron chi connectivity index (χ2n) is 8.27. The van der Waals surface area contributed by atoms with Crippen LogP contribution in [0.5, 0.6) is 5.75 Å². The molecular weight excluding hydrogens is 470 g/mol. The Balaban J connectivity index is 1.82. The third-order valence-corrected chi connectivity index (χ3v) is 7.88. The fraction of sp³-hybridized carbons (Fsp3) is 0.440. The summed E-state index contributed by atoms with van der Waals surface area (Å²) in [5.41, 5.74) is 0.868. The predicted octanol–water partition coefficient (Wildman–Crippen LogP) is 3.45. The fourth-order valence-electron chi connectivity index (χ4n) is 4.13. The van der Waals surface area contributed by atoms with Crippen molar-refractivity contribution >= 4 is 27.5 Å². The molecule has 1 atom stereocenters. The summed E-state index contributed by atoms with van der Waals surface area (Å²) in [5, 5.41) is 5.40. The summed E-state index contributed by atoms with van der Waals surface area (Å²) in [6.07, 6.45) is 1.26. The van der Waals surface area contributed by atoms with Crippen molar-refractivity contribution < 1.29 is 27.5 Å². The molecule has 0 spiro atoms. The number of hydrogen-bond donors (Lipinski definition) is 2. The number of rotatable bonds is 10. The Morgan fingerprint density at radius 2 is 1.89 bits per heavy atom. The molecule has 1 saturated heterocycles. The Hall–Kier alpha value is -3.11. The Morgan fingerprint density at radius 1 is 1.14 bits per heavy atom. The van der Waals surface area contributed by atoms with Crippen LogP contribution in [0.1, 0.15) is 42.6 Å². The molecule has 0 bridgehead atoms. The van der Waals surface area contributed by atoms with Crippen LogP contribution in [0, 0.1) is 0 Å². The molecule has 1 aliphatic heterocycles. The number of methoxy groups -OCH3 is 1. The maximum absolute atomic E-state index is 13.0. The minimum absolute atomic E-state index is 0.00809. The molecule has 35 heavy (non-hydrogen) atoms. The maximum Gasteiger partial charge on any atom is 0.411 e. The average molecular weight is 504 g/mol. The number of carbonyl (C=O) groups is 2. The molecule has 2 amide bonds. The highest BCUT2D eigenvalue weighted by molar-refractivity contribution is 7.91. The molecular formula is C25H33N3O6S. The predicted molar refractivity (Wildman–Crippen MR) is 134 cm³/mol. The van der Waals surface area contributed by atoms with E-state index in [1.807, 2.05) is 30.3 Å². The molecule has 0 radical (unpaired) electrons. The lowest BCUT2D eigenvalue weighted by Gasteiger charge is -2.23. The van der Waals surface area contributed by atoms with Crippen LogP contribution in [0.3, 0.4) is 0 Å². The lowest BCUT2D eigenvalue weighted by Crippen LogP contribution is -2.40. The number of hydrogen-bond acceptors (Lipinski definition) is 7. The highest BCUT2D eigenvalue weighted by atomic mass is 32.2. The number of nitrogens with zero attached hydrogens (tertiary/aromatic N) is 1. The Labute approximate surface area is 206 Å². The van der Waals surface area contributed by atoms with Gasteiger partial charge in [-0.3, -0.25) is 15.0 Å². The number of likely N-dealkylation sites (tertiary alicyclic amines) is 1. The number of anilines is 1. The molecule has 2 aromatic rings. The number of nitrogens with one attached hydrogen (secondary N) is 2. The second-order valence-corrected chi connectivity index (χ2v) is 10.5. The molecule has 10 heteroatoms. The second kappa shape index (κ2) is 12.0. The number of ether oxygens (including phenoxy) is 2. The molecule has 0 saturated carbocycles. The lowest BCUT2D eigenvalue weighted by atomic mass is 10.1. The molecule has 0 aromatic heterocycles. The van der Waals surface area contributed by atoms with Gasteiger partial charge in [-0.2, -0.15) is 0 Å². The normalized spacial score (nSPS) is 16.0. The summed E-state index contributed by atoms with van der Waals surface area (Å²) < 4.78 is 36.3. The van der Waals surface area contributed by atoms with Gasteiger partial charge in [0.2, 0.25) is 0 Å². The minimum atomic E-state index is -3.78. The Kier molecular flexibility index (Phi) is 9.11. The molecule has 3 rings (SSSR count). The number of sulfone groups is 1. The van der Waals surface area contributed by atoms with Gasteiger partial charge in [0.05, 0.1) is 29.0 Å². The molecule has 190 valence electrons. The first-order valence-electron chi connectivity index (χ1n) is 11.7. The van der Waals surface area contributed by atoms with Crippen LogP contribution in [0.15, 0.2) is 47.4 Å². The van der Waals surface area contributed by atoms with E-state index in [1.165, 1.54) is 26.2 Å². The summed E-state index contributed by atoms with van der Waals surface area (Å²) in [5.74, 6) is -0.493. The molecule has 2 N–H and O–H groups in total. The van der Waals surface area contributed by atoms with Crippen LogP contribution in [0.25, 0.3) is 0 Å². The van der Waals surface area contributed by atoms with Crippen LogP contribution < -0.4 is 15.4 Å². The zero-order valence-corrected chi connectivity index (χ0v) is 21.2. The van der Waals surface area contributed by atoms with Crippen molar-refractivity contribution in [3.8, 4) is 5.75 Å². The highest BCUT2D eigenvalue weighted by Gasteiger charge is 2.27. The molecule has 0 aliphatic carbocycles. The monoisotopic (exact) mass is 503 g/mol. The quantitative estimate of drug-likeness (QED) is 0.510. The van der Waals surface area contributed by atoms with E-state index < -0.39 is 21.8 Å². The van der Waals surface area contributed by atoms with Crippen LogP contribution in [0.2, 0.25) is 0 Å². The first kappa shape index (κ1) is 26.5. The van der Waals surface area contributed by atoms with Crippen molar-refractivity contribution in [1.82, 2.24) is 10.2 Å². The molecule has 1 heterocycles. The van der Waals surface area contributed by atoms with Crippen LogP contribution in [0.4, 0.5) is 10.5 Å². The number of carbonyl (C=O) groups excluding carboxylic acids is 2. The van der Waals surface area contributed by atoms with Crippen molar-refractivity contribution in [2.45, 2.75) is 44.2 Å². The van der Waals surface area contributed by atoms with E-state index in [4.69, 9.17) is 9.47 Å². The summed E-state index contributed by atoms with van der Waals surface area (Å²) in [6, 6.07) is 12.0. The van der Waals surface area contributed by atoms with E-state index in [9.17, 15) is 18.0 Å². The average Bonchev–Trinajstić information content (AvgIpc) is 3.34. The molecule has 1 aliphatic rings. The van der Waals surface area contributed by atoms with E-state index in [2.05, 4.69) is 22.5 Å². The molecule has 1 fully saturated rings. The van der Waals surface area contributed by atoms with Gasteiger partial charge in [-0.05, 0) is 37.6 Å². The number of likely N-dealkylation sites (N-methyl/N-ethyl adjacent to an activating group) is 1. The van der Waals surface area contributed by atoms with Gasteiger partial charge in [-0.1, -0.05) is 44.2 Å². The van der Waals surface area contributed by atoms with Gasteiger partial charge in [0, 0.05) is 18.7 Å². The van der Waals surface area contributed by atoms with E-state index >= 15 is 0 Å². The molecule has 1 unspecified atom stereocenters. The summed E-state index contributed by atoms with van der Waals surface area (Å²) in [6.45, 7) is 5.97. The van der Waals surface area contributed by atoms with Crippen molar-refractivity contribution in [3.05, 3.63) is 53.6 Å². The molecule has 2 aromatic carbocycles. The van der Waals surface area contributed by atoms with E-state index in [-0.39, 0.29) is 40.3 Å².